The molecule has 140 valence electrons. The molecule has 0 radical (unpaired) electrons. The molecule has 0 aliphatic carbocycles. The number of nitrogens with one attached hydrogen (secondary N) is 1. The highest BCUT2D eigenvalue weighted by Gasteiger charge is 2.23. The van der Waals surface area contributed by atoms with Gasteiger partial charge in [-0.2, -0.15) is 0 Å². The zero-order chi connectivity index (χ0) is 18.9. The number of aryl methyl sites for hydroxylation is 1. The van der Waals surface area contributed by atoms with E-state index < -0.39 is 23.7 Å². The third-order valence-electron chi connectivity index (χ3n) is 3.62. The number of rotatable bonds is 9. The van der Waals surface area contributed by atoms with Crippen molar-refractivity contribution in [3.8, 4) is 0 Å². The van der Waals surface area contributed by atoms with Gasteiger partial charge >= 0.3 is 5.97 Å². The molecule has 0 bridgehead atoms. The lowest BCUT2D eigenvalue weighted by Gasteiger charge is -2.22. The van der Waals surface area contributed by atoms with Crippen molar-refractivity contribution in [1.29, 1.82) is 0 Å². The van der Waals surface area contributed by atoms with Crippen molar-refractivity contribution in [3.05, 3.63) is 35.9 Å². The van der Waals surface area contributed by atoms with Gasteiger partial charge in [0.1, 0.15) is 11.6 Å². The normalized spacial score (nSPS) is 13.8. The number of carbonyl (C=O) groups is 2. The van der Waals surface area contributed by atoms with Crippen LogP contribution in [0.1, 0.15) is 45.6 Å². The van der Waals surface area contributed by atoms with E-state index in [1.54, 1.807) is 20.8 Å². The average Bonchev–Trinajstić information content (AvgIpc) is 2.55. The number of amides is 1. The molecule has 0 aliphatic heterocycles. The lowest BCUT2D eigenvalue weighted by molar-refractivity contribution is -0.156. The summed E-state index contributed by atoms with van der Waals surface area (Å²) in [5, 5.41) is 2.82. The number of hydrogen-bond acceptors (Lipinski definition) is 5. The quantitative estimate of drug-likeness (QED) is 0.463. The van der Waals surface area contributed by atoms with Gasteiger partial charge in [-0.05, 0) is 52.0 Å². The first-order valence-electron chi connectivity index (χ1n) is 8.74. The lowest BCUT2D eigenvalue weighted by atomic mass is 10.1. The highest BCUT2D eigenvalue weighted by molar-refractivity contribution is 5.81. The van der Waals surface area contributed by atoms with Crippen molar-refractivity contribution in [2.24, 2.45) is 11.5 Å². The molecular weight excluding hydrogens is 318 g/mol. The van der Waals surface area contributed by atoms with E-state index in [9.17, 15) is 9.59 Å². The summed E-state index contributed by atoms with van der Waals surface area (Å²) < 4.78 is 5.21. The molecule has 0 saturated heterocycles. The van der Waals surface area contributed by atoms with Crippen molar-refractivity contribution in [2.45, 2.75) is 64.1 Å². The summed E-state index contributed by atoms with van der Waals surface area (Å²) in [7, 11) is 0. The Labute approximate surface area is 150 Å². The average molecular weight is 349 g/mol. The molecule has 1 aromatic carbocycles. The van der Waals surface area contributed by atoms with Crippen LogP contribution in [0.4, 0.5) is 0 Å². The van der Waals surface area contributed by atoms with Gasteiger partial charge in [-0.15, -0.1) is 0 Å². The van der Waals surface area contributed by atoms with Crippen LogP contribution in [0.2, 0.25) is 0 Å². The molecule has 25 heavy (non-hydrogen) atoms. The minimum Gasteiger partial charge on any atom is -0.459 e. The molecule has 6 nitrogen and oxygen atoms in total. The van der Waals surface area contributed by atoms with E-state index >= 15 is 0 Å². The van der Waals surface area contributed by atoms with Gasteiger partial charge in [-0.3, -0.25) is 9.59 Å². The molecule has 0 fully saturated rings. The van der Waals surface area contributed by atoms with Crippen molar-refractivity contribution in [2.75, 3.05) is 6.54 Å². The summed E-state index contributed by atoms with van der Waals surface area (Å²) in [5.74, 6) is -0.688. The van der Waals surface area contributed by atoms with Gasteiger partial charge in [0.15, 0.2) is 0 Å². The molecular formula is C19H31N3O3. The van der Waals surface area contributed by atoms with E-state index in [4.69, 9.17) is 16.2 Å². The molecule has 0 heterocycles. The summed E-state index contributed by atoms with van der Waals surface area (Å²) in [6.45, 7) is 5.92. The smallest absolute Gasteiger partial charge is 0.323 e. The van der Waals surface area contributed by atoms with E-state index in [2.05, 4.69) is 17.4 Å². The molecule has 2 atom stereocenters. The number of hydrogen-bond donors (Lipinski definition) is 3. The van der Waals surface area contributed by atoms with Crippen LogP contribution in [-0.4, -0.2) is 36.1 Å². The predicted molar refractivity (Wildman–Crippen MR) is 98.8 cm³/mol. The van der Waals surface area contributed by atoms with Gasteiger partial charge in [-0.25, -0.2) is 0 Å². The van der Waals surface area contributed by atoms with E-state index in [1.807, 2.05) is 18.2 Å². The minimum atomic E-state index is -0.767. The zero-order valence-electron chi connectivity index (χ0n) is 15.5. The Hall–Kier alpha value is -1.92. The van der Waals surface area contributed by atoms with Crippen molar-refractivity contribution in [3.63, 3.8) is 0 Å². The molecule has 0 aromatic heterocycles. The molecule has 0 aliphatic rings. The summed E-state index contributed by atoms with van der Waals surface area (Å²) >= 11 is 0. The Balaban J connectivity index is 2.22. The van der Waals surface area contributed by atoms with Gasteiger partial charge in [0.25, 0.3) is 0 Å². The Morgan fingerprint density at radius 1 is 1.08 bits per heavy atom. The van der Waals surface area contributed by atoms with E-state index in [-0.39, 0.29) is 5.91 Å². The molecule has 1 unspecified atom stereocenters. The first-order chi connectivity index (χ1) is 11.7. The SMILES string of the molecule is CC(C)(C)OC(=O)C(N)CC[C@H](N)C(=O)NCCCc1ccccc1. The lowest BCUT2D eigenvalue weighted by Crippen LogP contribution is -2.43. The molecule has 1 amide bonds. The van der Waals surface area contributed by atoms with Crippen LogP contribution in [0, 0.1) is 0 Å². The largest absolute Gasteiger partial charge is 0.459 e. The summed E-state index contributed by atoms with van der Waals surface area (Å²) in [5.41, 5.74) is 12.3. The Morgan fingerprint density at radius 3 is 2.28 bits per heavy atom. The molecule has 0 spiro atoms. The zero-order valence-corrected chi connectivity index (χ0v) is 15.5. The Morgan fingerprint density at radius 2 is 1.68 bits per heavy atom. The molecule has 6 heteroatoms. The van der Waals surface area contributed by atoms with E-state index in [0.717, 1.165) is 12.8 Å². The van der Waals surface area contributed by atoms with Gasteiger partial charge in [0.05, 0.1) is 6.04 Å². The van der Waals surface area contributed by atoms with Gasteiger partial charge < -0.3 is 21.5 Å². The number of esters is 1. The van der Waals surface area contributed by atoms with Gasteiger partial charge in [-0.1, -0.05) is 30.3 Å². The number of nitrogens with two attached hydrogens (primary N) is 2. The van der Waals surface area contributed by atoms with Crippen LogP contribution in [0.15, 0.2) is 30.3 Å². The molecule has 1 aromatic rings. The second kappa shape index (κ2) is 10.2. The second-order valence-electron chi connectivity index (χ2n) is 7.20. The summed E-state index contributed by atoms with van der Waals surface area (Å²) in [6.07, 6.45) is 2.40. The highest BCUT2D eigenvalue weighted by Crippen LogP contribution is 2.10. The summed E-state index contributed by atoms with van der Waals surface area (Å²) in [6, 6.07) is 8.65. The van der Waals surface area contributed by atoms with E-state index in [1.165, 1.54) is 5.56 Å². The minimum absolute atomic E-state index is 0.218. The fourth-order valence-electron chi connectivity index (χ4n) is 2.27. The van der Waals surface area contributed by atoms with Crippen LogP contribution in [0.5, 0.6) is 0 Å². The van der Waals surface area contributed by atoms with Crippen molar-refractivity contribution < 1.29 is 14.3 Å². The maximum Gasteiger partial charge on any atom is 0.323 e. The van der Waals surface area contributed by atoms with Gasteiger partial charge in [0, 0.05) is 6.54 Å². The van der Waals surface area contributed by atoms with Crippen LogP contribution in [-0.2, 0) is 20.7 Å². The van der Waals surface area contributed by atoms with Crippen LogP contribution < -0.4 is 16.8 Å². The predicted octanol–water partition coefficient (Wildman–Crippen LogP) is 1.51. The Bertz CT molecular complexity index is 541. The first kappa shape index (κ1) is 21.1. The molecule has 0 saturated carbocycles. The number of ether oxygens (including phenoxy) is 1. The van der Waals surface area contributed by atoms with Crippen molar-refractivity contribution >= 4 is 11.9 Å². The maximum absolute atomic E-state index is 12.0. The topological polar surface area (TPSA) is 107 Å². The van der Waals surface area contributed by atoms with Crippen molar-refractivity contribution in [1.82, 2.24) is 5.32 Å². The highest BCUT2D eigenvalue weighted by atomic mass is 16.6. The standard InChI is InChI=1S/C19H31N3O3/c1-19(2,3)25-18(24)16(21)12-11-15(20)17(23)22-13-7-10-14-8-5-4-6-9-14/h4-6,8-9,15-16H,7,10-13,20-21H2,1-3H3,(H,22,23)/t15-,16?/m0/s1. The number of carbonyl (C=O) groups excluding carboxylic acids is 2. The van der Waals surface area contributed by atoms with Gasteiger partial charge in [0.2, 0.25) is 5.91 Å². The second-order valence-corrected chi connectivity index (χ2v) is 7.20. The monoisotopic (exact) mass is 349 g/mol. The Kier molecular flexibility index (Phi) is 8.58. The molecule has 1 rings (SSSR count). The van der Waals surface area contributed by atoms with E-state index in [0.29, 0.717) is 19.4 Å². The fraction of sp³-hybridized carbons (Fsp3) is 0.579. The molecule has 5 N–H and O–H groups in total. The number of benzene rings is 1. The third kappa shape index (κ3) is 9.22. The third-order valence-corrected chi connectivity index (χ3v) is 3.62. The first-order valence-corrected chi connectivity index (χ1v) is 8.74. The van der Waals surface area contributed by atoms with Crippen LogP contribution in [0.25, 0.3) is 0 Å². The fourth-order valence-corrected chi connectivity index (χ4v) is 2.27. The van der Waals surface area contributed by atoms with Crippen LogP contribution >= 0.6 is 0 Å². The maximum atomic E-state index is 12.0. The van der Waals surface area contributed by atoms with Crippen LogP contribution in [0.3, 0.4) is 0 Å². The summed E-state index contributed by atoms with van der Waals surface area (Å²) in [4.78, 5) is 23.8.